The molecule has 0 N–H and O–H groups in total. The minimum atomic E-state index is -0.452. The number of Topliss-reactive ketones (excluding diaryl/α,β-unsaturated/α-hetero) is 1. The number of morpholine rings is 1. The van der Waals surface area contributed by atoms with Crippen molar-refractivity contribution in [3.05, 3.63) is 45.6 Å². The number of nitrogens with zero attached hydrogens (tertiary/aromatic N) is 2. The van der Waals surface area contributed by atoms with E-state index in [1.807, 2.05) is 38.1 Å². The maximum Gasteiger partial charge on any atom is 0.415 e. The molecule has 3 rings (SSSR count). The summed E-state index contributed by atoms with van der Waals surface area (Å²) in [7, 11) is 0. The Balaban J connectivity index is 1.98. The van der Waals surface area contributed by atoms with E-state index in [0.717, 1.165) is 21.9 Å². The number of benzene rings is 1. The predicted octanol–water partition coefficient (Wildman–Crippen LogP) is 5.34. The quantitative estimate of drug-likeness (QED) is 0.440. The molecule has 160 valence electrons. The van der Waals surface area contributed by atoms with Crippen molar-refractivity contribution in [2.75, 3.05) is 26.3 Å². The van der Waals surface area contributed by atoms with Crippen LogP contribution in [0.4, 0.5) is 4.79 Å². The summed E-state index contributed by atoms with van der Waals surface area (Å²) in [6.45, 7) is 7.30. The van der Waals surface area contributed by atoms with Gasteiger partial charge in [-0.15, -0.1) is 11.3 Å². The number of ether oxygens (including phenoxy) is 2. The summed E-state index contributed by atoms with van der Waals surface area (Å²) < 4.78 is 11.0. The predicted molar refractivity (Wildman–Crippen MR) is 119 cm³/mol. The molecule has 0 unspecified atom stereocenters. The van der Waals surface area contributed by atoms with E-state index < -0.39 is 6.09 Å². The minimum absolute atomic E-state index is 0.177. The molecule has 2 heterocycles. The highest BCUT2D eigenvalue weighted by Crippen LogP contribution is 2.34. The summed E-state index contributed by atoms with van der Waals surface area (Å²) >= 11 is 7.48. The van der Waals surface area contributed by atoms with Crippen LogP contribution in [0.1, 0.15) is 37.3 Å². The van der Waals surface area contributed by atoms with E-state index >= 15 is 0 Å². The molecule has 1 amide bonds. The number of carbonyl (C=O) groups is 2. The zero-order valence-electron chi connectivity index (χ0n) is 17.4. The lowest BCUT2D eigenvalue weighted by Crippen LogP contribution is -2.41. The van der Waals surface area contributed by atoms with Crippen LogP contribution in [0.3, 0.4) is 0 Å². The smallest absolute Gasteiger partial charge is 0.414 e. The fraction of sp³-hybridized carbons (Fsp3) is 0.409. The number of amides is 1. The molecular weight excluding hydrogens is 424 g/mol. The molecule has 0 radical (unpaired) electrons. The van der Waals surface area contributed by atoms with Gasteiger partial charge in [-0.2, -0.15) is 0 Å². The summed E-state index contributed by atoms with van der Waals surface area (Å²) in [6, 6.07) is 7.41. The van der Waals surface area contributed by atoms with Crippen molar-refractivity contribution in [1.82, 2.24) is 9.88 Å². The molecular formula is C22H25ClN2O4S. The first kappa shape index (κ1) is 22.5. The SMILES string of the molecule is CCC/C(OC(=O)N1CCOCC1)=C(\C(C)=O)c1nc(-c2ccc(Cl)cc2)sc1C. The first-order valence-electron chi connectivity index (χ1n) is 9.93. The van der Waals surface area contributed by atoms with E-state index in [2.05, 4.69) is 0 Å². The number of carbonyl (C=O) groups excluding carboxylic acids is 2. The van der Waals surface area contributed by atoms with Crippen LogP contribution in [-0.2, 0) is 14.3 Å². The van der Waals surface area contributed by atoms with Gasteiger partial charge in [-0.1, -0.05) is 30.7 Å². The van der Waals surface area contributed by atoms with Crippen LogP contribution in [0.25, 0.3) is 16.1 Å². The van der Waals surface area contributed by atoms with Gasteiger partial charge in [0.15, 0.2) is 5.78 Å². The lowest BCUT2D eigenvalue weighted by Gasteiger charge is -2.26. The van der Waals surface area contributed by atoms with E-state index in [4.69, 9.17) is 26.1 Å². The van der Waals surface area contributed by atoms with E-state index in [1.165, 1.54) is 18.3 Å². The molecule has 30 heavy (non-hydrogen) atoms. The fourth-order valence-electron chi connectivity index (χ4n) is 3.21. The van der Waals surface area contributed by atoms with Crippen molar-refractivity contribution in [3.8, 4) is 10.6 Å². The van der Waals surface area contributed by atoms with E-state index in [-0.39, 0.29) is 5.78 Å². The summed E-state index contributed by atoms with van der Waals surface area (Å²) in [6.07, 6.45) is 0.750. The Morgan fingerprint density at radius 1 is 1.23 bits per heavy atom. The minimum Gasteiger partial charge on any atom is -0.414 e. The number of thiazole rings is 1. The first-order chi connectivity index (χ1) is 14.4. The molecule has 1 aliphatic heterocycles. The molecule has 1 fully saturated rings. The third-order valence-corrected chi connectivity index (χ3v) is 5.98. The summed E-state index contributed by atoms with van der Waals surface area (Å²) in [5.41, 5.74) is 1.85. The van der Waals surface area contributed by atoms with Gasteiger partial charge >= 0.3 is 6.09 Å². The number of aromatic nitrogens is 1. The average Bonchev–Trinajstić information content (AvgIpc) is 3.10. The average molecular weight is 449 g/mol. The Morgan fingerprint density at radius 2 is 1.90 bits per heavy atom. The van der Waals surface area contributed by atoms with Crippen molar-refractivity contribution >= 4 is 40.4 Å². The number of hydrogen-bond acceptors (Lipinski definition) is 6. The number of hydrogen-bond donors (Lipinski definition) is 0. The second-order valence-electron chi connectivity index (χ2n) is 7.00. The van der Waals surface area contributed by atoms with Gasteiger partial charge in [-0.3, -0.25) is 4.79 Å². The number of ketones is 1. The van der Waals surface area contributed by atoms with Crippen molar-refractivity contribution in [2.24, 2.45) is 0 Å². The first-order valence-corrected chi connectivity index (χ1v) is 11.1. The summed E-state index contributed by atoms with van der Waals surface area (Å²) in [4.78, 5) is 32.5. The van der Waals surface area contributed by atoms with E-state index in [0.29, 0.717) is 54.8 Å². The molecule has 6 nitrogen and oxygen atoms in total. The van der Waals surface area contributed by atoms with Crippen LogP contribution in [0.5, 0.6) is 0 Å². The van der Waals surface area contributed by atoms with E-state index in [1.54, 1.807) is 4.90 Å². The largest absolute Gasteiger partial charge is 0.415 e. The Bertz CT molecular complexity index is 947. The van der Waals surface area contributed by atoms with Crippen LogP contribution < -0.4 is 0 Å². The monoisotopic (exact) mass is 448 g/mol. The molecule has 0 spiro atoms. The molecule has 0 bridgehead atoms. The maximum atomic E-state index is 12.7. The van der Waals surface area contributed by atoms with Gasteiger partial charge in [0.25, 0.3) is 0 Å². The van der Waals surface area contributed by atoms with Gasteiger partial charge in [0.05, 0.1) is 24.5 Å². The standard InChI is InChI=1S/C22H25ClN2O4S/c1-4-5-18(29-22(27)25-10-12-28-13-11-25)19(14(2)26)20-15(3)30-21(24-20)16-6-8-17(23)9-7-16/h6-9H,4-5,10-13H2,1-3H3/b19-18-. The highest BCUT2D eigenvalue weighted by molar-refractivity contribution is 7.15. The Labute approximate surface area is 185 Å². The topological polar surface area (TPSA) is 68.7 Å². The zero-order valence-corrected chi connectivity index (χ0v) is 18.9. The molecule has 1 aromatic carbocycles. The zero-order chi connectivity index (χ0) is 21.7. The third kappa shape index (κ3) is 5.28. The summed E-state index contributed by atoms with van der Waals surface area (Å²) in [5.74, 6) is 0.196. The number of halogens is 1. The summed E-state index contributed by atoms with van der Waals surface area (Å²) in [5, 5.41) is 1.44. The molecule has 1 aromatic heterocycles. The Hall–Kier alpha value is -2.22. The van der Waals surface area contributed by atoms with Crippen LogP contribution in [0, 0.1) is 6.92 Å². The Kier molecular flexibility index (Phi) is 7.64. The van der Waals surface area contributed by atoms with E-state index in [9.17, 15) is 9.59 Å². The van der Waals surface area contributed by atoms with Crippen molar-refractivity contribution in [1.29, 1.82) is 0 Å². The molecule has 2 aromatic rings. The van der Waals surface area contributed by atoms with Crippen LogP contribution >= 0.6 is 22.9 Å². The normalized spacial score (nSPS) is 15.0. The van der Waals surface area contributed by atoms with Gasteiger partial charge in [-0.25, -0.2) is 9.78 Å². The van der Waals surface area contributed by atoms with Gasteiger partial charge in [0.1, 0.15) is 10.8 Å². The molecule has 0 saturated carbocycles. The molecule has 8 heteroatoms. The van der Waals surface area contributed by atoms with Gasteiger partial charge in [-0.05, 0) is 32.4 Å². The molecule has 1 aliphatic rings. The van der Waals surface area contributed by atoms with Crippen LogP contribution in [-0.4, -0.2) is 48.1 Å². The lowest BCUT2D eigenvalue weighted by atomic mass is 10.0. The lowest BCUT2D eigenvalue weighted by molar-refractivity contribution is -0.111. The Morgan fingerprint density at radius 3 is 2.50 bits per heavy atom. The van der Waals surface area contributed by atoms with Crippen molar-refractivity contribution in [2.45, 2.75) is 33.6 Å². The molecule has 0 aliphatic carbocycles. The highest BCUT2D eigenvalue weighted by Gasteiger charge is 2.26. The maximum absolute atomic E-state index is 12.7. The molecule has 1 saturated heterocycles. The second kappa shape index (κ2) is 10.2. The number of rotatable bonds is 6. The van der Waals surface area contributed by atoms with Crippen molar-refractivity contribution < 1.29 is 19.1 Å². The second-order valence-corrected chi connectivity index (χ2v) is 8.64. The van der Waals surface area contributed by atoms with Gasteiger partial charge < -0.3 is 14.4 Å². The fourth-order valence-corrected chi connectivity index (χ4v) is 4.26. The van der Waals surface area contributed by atoms with Gasteiger partial charge in [0.2, 0.25) is 0 Å². The number of aryl methyl sites for hydroxylation is 1. The molecule has 0 atom stereocenters. The van der Waals surface area contributed by atoms with Gasteiger partial charge in [0, 0.05) is 35.0 Å². The van der Waals surface area contributed by atoms with Crippen LogP contribution in [0.2, 0.25) is 5.02 Å². The van der Waals surface area contributed by atoms with Crippen molar-refractivity contribution in [3.63, 3.8) is 0 Å². The highest BCUT2D eigenvalue weighted by atomic mass is 35.5. The third-order valence-electron chi connectivity index (χ3n) is 4.71. The van der Waals surface area contributed by atoms with Crippen LogP contribution in [0.15, 0.2) is 30.0 Å². The number of allylic oxidation sites excluding steroid dienone is 2.